The minimum absolute atomic E-state index is 0.330. The molecule has 2 aliphatic heterocycles. The van der Waals surface area contributed by atoms with Crippen molar-refractivity contribution < 1.29 is 23.9 Å². The summed E-state index contributed by atoms with van der Waals surface area (Å²) >= 11 is 6.05. The van der Waals surface area contributed by atoms with E-state index in [1.165, 1.54) is 4.90 Å². The highest BCUT2D eigenvalue weighted by Crippen LogP contribution is 2.48. The van der Waals surface area contributed by atoms with Crippen molar-refractivity contribution in [1.29, 1.82) is 0 Å². The van der Waals surface area contributed by atoms with Crippen molar-refractivity contribution in [3.63, 3.8) is 0 Å². The third-order valence-corrected chi connectivity index (χ3v) is 7.31. The van der Waals surface area contributed by atoms with Gasteiger partial charge in [-0.1, -0.05) is 66.2 Å². The van der Waals surface area contributed by atoms with Gasteiger partial charge in [0, 0.05) is 5.02 Å². The molecule has 0 aromatic heterocycles. The van der Waals surface area contributed by atoms with Gasteiger partial charge >= 0.3 is 0 Å². The molecule has 6 rings (SSSR count). The van der Waals surface area contributed by atoms with Crippen LogP contribution < -0.4 is 19.4 Å². The highest BCUT2D eigenvalue weighted by molar-refractivity contribution is 6.31. The molecule has 2 fully saturated rings. The first-order chi connectivity index (χ1) is 19.5. The number of nitrogens with zero attached hydrogens (tertiary/aromatic N) is 2. The first-order valence-electron chi connectivity index (χ1n) is 13.1. The second kappa shape index (κ2) is 11.0. The van der Waals surface area contributed by atoms with E-state index in [2.05, 4.69) is 0 Å². The highest BCUT2D eigenvalue weighted by Gasteiger charge is 2.60. The molecule has 0 saturated carbocycles. The Labute approximate surface area is 237 Å². The SMILES string of the molecule is CCOc1cc([C@@H]2[C@H]3C(=O)N(c4ccc(Cl)cc4)C(=O)[C@@H]3ON2c2ccccc2)ccc1OCc1ccccc1. The van der Waals surface area contributed by atoms with Crippen LogP contribution >= 0.6 is 11.6 Å². The van der Waals surface area contributed by atoms with Crippen LogP contribution in [0.2, 0.25) is 5.02 Å². The minimum atomic E-state index is -0.974. The Morgan fingerprint density at radius 2 is 1.48 bits per heavy atom. The Balaban J connectivity index is 1.37. The number of ether oxygens (including phenoxy) is 2. The van der Waals surface area contributed by atoms with E-state index in [0.717, 1.165) is 16.8 Å². The Morgan fingerprint density at radius 1 is 0.775 bits per heavy atom. The van der Waals surface area contributed by atoms with Gasteiger partial charge in [-0.05, 0) is 66.6 Å². The maximum atomic E-state index is 13.9. The van der Waals surface area contributed by atoms with E-state index in [-0.39, 0.29) is 5.91 Å². The van der Waals surface area contributed by atoms with Crippen molar-refractivity contribution in [3.8, 4) is 11.5 Å². The van der Waals surface area contributed by atoms with Crippen molar-refractivity contribution >= 4 is 34.8 Å². The molecule has 4 aromatic rings. The minimum Gasteiger partial charge on any atom is -0.490 e. The fourth-order valence-electron chi connectivity index (χ4n) is 5.23. The fourth-order valence-corrected chi connectivity index (χ4v) is 5.35. The maximum absolute atomic E-state index is 13.9. The Bertz CT molecular complexity index is 1510. The number of benzene rings is 4. The second-order valence-corrected chi connectivity index (χ2v) is 10.00. The number of hydrogen-bond acceptors (Lipinski definition) is 6. The molecule has 7 nitrogen and oxygen atoms in total. The van der Waals surface area contributed by atoms with E-state index in [4.69, 9.17) is 25.9 Å². The van der Waals surface area contributed by atoms with Crippen molar-refractivity contribution in [2.45, 2.75) is 25.7 Å². The number of carbonyl (C=O) groups excluding carboxylic acids is 2. The van der Waals surface area contributed by atoms with E-state index in [9.17, 15) is 9.59 Å². The van der Waals surface area contributed by atoms with Gasteiger partial charge in [-0.3, -0.25) is 14.4 Å². The summed E-state index contributed by atoms with van der Waals surface area (Å²) in [5.74, 6) is -0.364. The number of anilines is 2. The molecule has 0 bridgehead atoms. The van der Waals surface area contributed by atoms with Gasteiger partial charge in [0.1, 0.15) is 12.5 Å². The van der Waals surface area contributed by atoms with Crippen LogP contribution in [0, 0.1) is 5.92 Å². The molecule has 2 amide bonds. The third kappa shape index (κ3) is 4.78. The molecule has 0 spiro atoms. The predicted molar refractivity (Wildman–Crippen MR) is 152 cm³/mol. The maximum Gasteiger partial charge on any atom is 0.266 e. The zero-order valence-corrected chi connectivity index (χ0v) is 22.5. The lowest BCUT2D eigenvalue weighted by atomic mass is 9.90. The number of hydrogen-bond donors (Lipinski definition) is 0. The molecular formula is C32H27ClN2O5. The van der Waals surface area contributed by atoms with Crippen LogP contribution in [0.15, 0.2) is 103 Å². The van der Waals surface area contributed by atoms with Gasteiger partial charge < -0.3 is 9.47 Å². The summed E-state index contributed by atoms with van der Waals surface area (Å²) < 4.78 is 12.1. The summed E-state index contributed by atoms with van der Waals surface area (Å²) in [6.45, 7) is 2.72. The largest absolute Gasteiger partial charge is 0.490 e. The number of rotatable bonds is 8. The average Bonchev–Trinajstić information content (AvgIpc) is 3.49. The molecule has 4 aromatic carbocycles. The number of amides is 2. The molecule has 0 N–H and O–H groups in total. The predicted octanol–water partition coefficient (Wildman–Crippen LogP) is 6.37. The van der Waals surface area contributed by atoms with E-state index in [1.54, 1.807) is 29.3 Å². The lowest BCUT2D eigenvalue weighted by molar-refractivity contribution is -0.126. The van der Waals surface area contributed by atoms with Crippen molar-refractivity contribution in [2.24, 2.45) is 5.92 Å². The van der Waals surface area contributed by atoms with Crippen LogP contribution in [0.3, 0.4) is 0 Å². The summed E-state index contributed by atoms with van der Waals surface area (Å²) in [4.78, 5) is 34.9. The van der Waals surface area contributed by atoms with E-state index in [1.807, 2.05) is 85.8 Å². The highest BCUT2D eigenvalue weighted by atomic mass is 35.5. The van der Waals surface area contributed by atoms with Crippen LogP contribution in [-0.2, 0) is 21.0 Å². The van der Waals surface area contributed by atoms with Crippen molar-refractivity contribution in [3.05, 3.63) is 119 Å². The molecular weight excluding hydrogens is 528 g/mol. The lowest BCUT2D eigenvalue weighted by Gasteiger charge is -2.29. The van der Waals surface area contributed by atoms with Gasteiger partial charge in [0.2, 0.25) is 5.91 Å². The smallest absolute Gasteiger partial charge is 0.266 e. The van der Waals surface area contributed by atoms with Crippen molar-refractivity contribution in [2.75, 3.05) is 16.6 Å². The van der Waals surface area contributed by atoms with E-state index >= 15 is 0 Å². The molecule has 0 unspecified atom stereocenters. The van der Waals surface area contributed by atoms with Gasteiger partial charge in [-0.25, -0.2) is 9.96 Å². The lowest BCUT2D eigenvalue weighted by Crippen LogP contribution is -2.37. The van der Waals surface area contributed by atoms with Crippen LogP contribution in [0.1, 0.15) is 24.1 Å². The summed E-state index contributed by atoms with van der Waals surface area (Å²) in [6.07, 6.45) is -0.974. The van der Waals surface area contributed by atoms with Crippen LogP contribution in [0.25, 0.3) is 0 Å². The number of halogens is 1. The standard InChI is InChI=1S/C32H27ClN2O5/c1-2-38-27-19-22(13-18-26(27)39-20-21-9-5-3-6-10-21)29-28-30(40-35(29)25-11-7-4-8-12-25)32(37)34(31(28)36)24-16-14-23(33)15-17-24/h3-19,28-30H,2,20H2,1H3/t28-,29-,30-/m1/s1. The Kier molecular flexibility index (Phi) is 7.15. The van der Waals surface area contributed by atoms with Gasteiger partial charge in [0.25, 0.3) is 5.91 Å². The summed E-state index contributed by atoms with van der Waals surface area (Å²) in [5, 5.41) is 2.19. The first-order valence-corrected chi connectivity index (χ1v) is 13.5. The molecule has 2 saturated heterocycles. The van der Waals surface area contributed by atoms with Gasteiger partial charge in [0.15, 0.2) is 17.6 Å². The van der Waals surface area contributed by atoms with Crippen LogP contribution in [0.4, 0.5) is 11.4 Å². The number of imide groups is 1. The van der Waals surface area contributed by atoms with Crippen LogP contribution in [-0.4, -0.2) is 24.5 Å². The third-order valence-electron chi connectivity index (χ3n) is 7.06. The quantitative estimate of drug-likeness (QED) is 0.236. The van der Waals surface area contributed by atoms with Gasteiger partial charge in [-0.2, -0.15) is 0 Å². The first kappa shape index (κ1) is 25.9. The number of para-hydroxylation sites is 1. The molecule has 2 aliphatic rings. The topological polar surface area (TPSA) is 68.3 Å². The summed E-state index contributed by atoms with van der Waals surface area (Å²) in [5.41, 5.74) is 3.00. The zero-order valence-electron chi connectivity index (χ0n) is 21.8. The summed E-state index contributed by atoms with van der Waals surface area (Å²) in [6, 6.07) is 31.0. The normalized spacial score (nSPS) is 20.1. The zero-order chi connectivity index (χ0) is 27.6. The van der Waals surface area contributed by atoms with Gasteiger partial charge in [0.05, 0.1) is 24.0 Å². The number of hydroxylamine groups is 1. The van der Waals surface area contributed by atoms with Gasteiger partial charge in [-0.15, -0.1) is 0 Å². The summed E-state index contributed by atoms with van der Waals surface area (Å²) in [7, 11) is 0. The molecule has 202 valence electrons. The molecule has 0 radical (unpaired) electrons. The Hall–Kier alpha value is -4.33. The monoisotopic (exact) mass is 554 g/mol. The Morgan fingerprint density at radius 3 is 2.17 bits per heavy atom. The van der Waals surface area contributed by atoms with E-state index < -0.39 is 24.0 Å². The molecule has 3 atom stereocenters. The van der Waals surface area contributed by atoms with Crippen LogP contribution in [0.5, 0.6) is 11.5 Å². The number of fused-ring (bicyclic) bond motifs is 1. The molecule has 8 heteroatoms. The molecule has 0 aliphatic carbocycles. The molecule has 2 heterocycles. The van der Waals surface area contributed by atoms with E-state index in [0.29, 0.717) is 35.4 Å². The average molecular weight is 555 g/mol. The number of carbonyl (C=O) groups is 2. The second-order valence-electron chi connectivity index (χ2n) is 9.56. The van der Waals surface area contributed by atoms with Crippen molar-refractivity contribution in [1.82, 2.24) is 0 Å². The fraction of sp³-hybridized carbons (Fsp3) is 0.188. The molecule has 40 heavy (non-hydrogen) atoms.